The standard InChI is InChI=1S/C14H23ClN2OS/c1-5-6-7-8-9-19-11-10-16-17(14(2,3)4)13(18)12(11)15/h10H,5-9H2,1-4H3. The highest BCUT2D eigenvalue weighted by Gasteiger charge is 2.19. The van der Waals surface area contributed by atoms with Crippen molar-refractivity contribution in [2.45, 2.75) is 63.8 Å². The fourth-order valence-electron chi connectivity index (χ4n) is 1.71. The minimum absolute atomic E-state index is 0.201. The molecule has 0 amide bonds. The second-order valence-corrected chi connectivity index (χ2v) is 7.13. The largest absolute Gasteiger partial charge is 0.287 e. The molecule has 108 valence electrons. The Kier molecular flexibility index (Phi) is 6.40. The van der Waals surface area contributed by atoms with Crippen LogP contribution in [0.5, 0.6) is 0 Å². The molecule has 0 atom stereocenters. The van der Waals surface area contributed by atoms with Crippen LogP contribution in [0.1, 0.15) is 53.4 Å². The van der Waals surface area contributed by atoms with Crippen molar-refractivity contribution in [2.24, 2.45) is 0 Å². The van der Waals surface area contributed by atoms with Gasteiger partial charge in [0.05, 0.1) is 16.6 Å². The molecule has 0 radical (unpaired) electrons. The Morgan fingerprint density at radius 2 is 2.00 bits per heavy atom. The van der Waals surface area contributed by atoms with Gasteiger partial charge < -0.3 is 0 Å². The average Bonchev–Trinajstić information content (AvgIpc) is 2.32. The van der Waals surface area contributed by atoms with Crippen molar-refractivity contribution in [2.75, 3.05) is 5.75 Å². The summed E-state index contributed by atoms with van der Waals surface area (Å²) >= 11 is 7.77. The molecule has 1 rings (SSSR count). The van der Waals surface area contributed by atoms with Crippen molar-refractivity contribution in [1.82, 2.24) is 9.78 Å². The summed E-state index contributed by atoms with van der Waals surface area (Å²) in [5, 5.41) is 4.52. The van der Waals surface area contributed by atoms with Crippen molar-refractivity contribution in [3.05, 3.63) is 21.6 Å². The van der Waals surface area contributed by atoms with Gasteiger partial charge in [-0.05, 0) is 32.9 Å². The predicted octanol–water partition coefficient (Wildman–Crippen LogP) is 4.32. The minimum atomic E-state index is -0.342. The summed E-state index contributed by atoms with van der Waals surface area (Å²) in [6.45, 7) is 8.01. The molecule has 0 fully saturated rings. The maximum atomic E-state index is 12.1. The fourth-order valence-corrected chi connectivity index (χ4v) is 2.90. The van der Waals surface area contributed by atoms with Gasteiger partial charge in [-0.25, -0.2) is 4.68 Å². The number of unbranched alkanes of at least 4 members (excludes halogenated alkanes) is 3. The number of hydrogen-bond acceptors (Lipinski definition) is 3. The Labute approximate surface area is 124 Å². The Hall–Kier alpha value is -0.480. The maximum absolute atomic E-state index is 12.1. The lowest BCUT2D eigenvalue weighted by molar-refractivity contribution is 0.336. The molecule has 19 heavy (non-hydrogen) atoms. The van der Waals surface area contributed by atoms with Crippen LogP contribution in [0, 0.1) is 0 Å². The molecule has 1 heterocycles. The highest BCUT2D eigenvalue weighted by atomic mass is 35.5. The molecule has 0 N–H and O–H groups in total. The van der Waals surface area contributed by atoms with Crippen LogP contribution in [0.3, 0.4) is 0 Å². The first-order valence-electron chi connectivity index (χ1n) is 6.79. The molecule has 0 spiro atoms. The molecular weight excluding hydrogens is 280 g/mol. The van der Waals surface area contributed by atoms with E-state index < -0.39 is 0 Å². The van der Waals surface area contributed by atoms with Crippen LogP contribution >= 0.6 is 23.4 Å². The van der Waals surface area contributed by atoms with Crippen LogP contribution < -0.4 is 5.56 Å². The van der Waals surface area contributed by atoms with Gasteiger partial charge in [-0.3, -0.25) is 4.79 Å². The van der Waals surface area contributed by atoms with Crippen molar-refractivity contribution in [3.8, 4) is 0 Å². The van der Waals surface area contributed by atoms with Crippen molar-refractivity contribution >= 4 is 23.4 Å². The molecule has 0 aliphatic heterocycles. The van der Waals surface area contributed by atoms with Crippen LogP contribution in [-0.2, 0) is 5.54 Å². The molecule has 5 heteroatoms. The van der Waals surface area contributed by atoms with E-state index in [9.17, 15) is 4.79 Å². The monoisotopic (exact) mass is 302 g/mol. The molecule has 3 nitrogen and oxygen atoms in total. The van der Waals surface area contributed by atoms with Gasteiger partial charge in [-0.15, -0.1) is 11.8 Å². The molecule has 0 saturated heterocycles. The number of rotatable bonds is 6. The van der Waals surface area contributed by atoms with Gasteiger partial charge in [0.15, 0.2) is 0 Å². The molecule has 0 aromatic carbocycles. The van der Waals surface area contributed by atoms with Crippen LogP contribution in [-0.4, -0.2) is 15.5 Å². The summed E-state index contributed by atoms with van der Waals surface area (Å²) in [6.07, 6.45) is 6.58. The van der Waals surface area contributed by atoms with E-state index >= 15 is 0 Å². The first kappa shape index (κ1) is 16.6. The normalized spacial score (nSPS) is 11.8. The summed E-state index contributed by atoms with van der Waals surface area (Å²) in [4.78, 5) is 12.9. The van der Waals surface area contributed by atoms with E-state index in [1.54, 1.807) is 18.0 Å². The number of hydrogen-bond donors (Lipinski definition) is 0. The van der Waals surface area contributed by atoms with Gasteiger partial charge >= 0.3 is 0 Å². The van der Waals surface area contributed by atoms with Gasteiger partial charge in [-0.2, -0.15) is 5.10 Å². The zero-order valence-corrected chi connectivity index (χ0v) is 13.8. The maximum Gasteiger partial charge on any atom is 0.287 e. The summed E-state index contributed by atoms with van der Waals surface area (Å²) in [7, 11) is 0. The van der Waals surface area contributed by atoms with E-state index in [4.69, 9.17) is 11.6 Å². The molecule has 0 aliphatic rings. The van der Waals surface area contributed by atoms with Crippen LogP contribution in [0.2, 0.25) is 5.02 Å². The van der Waals surface area contributed by atoms with Crippen LogP contribution in [0.15, 0.2) is 15.9 Å². The third-order valence-electron chi connectivity index (χ3n) is 2.78. The van der Waals surface area contributed by atoms with Crippen molar-refractivity contribution < 1.29 is 0 Å². The van der Waals surface area contributed by atoms with Gasteiger partial charge in [0.25, 0.3) is 5.56 Å². The first-order chi connectivity index (χ1) is 8.88. The van der Waals surface area contributed by atoms with E-state index in [2.05, 4.69) is 12.0 Å². The Morgan fingerprint density at radius 3 is 2.58 bits per heavy atom. The van der Waals surface area contributed by atoms with Gasteiger partial charge in [0.2, 0.25) is 0 Å². The number of nitrogens with zero attached hydrogens (tertiary/aromatic N) is 2. The topological polar surface area (TPSA) is 34.9 Å². The molecule has 0 saturated carbocycles. The summed E-state index contributed by atoms with van der Waals surface area (Å²) in [5.74, 6) is 0.986. The van der Waals surface area contributed by atoms with Gasteiger partial charge in [0.1, 0.15) is 5.02 Å². The molecule has 0 bridgehead atoms. The second-order valence-electron chi connectivity index (χ2n) is 5.62. The summed E-state index contributed by atoms with van der Waals surface area (Å²) in [6, 6.07) is 0. The van der Waals surface area contributed by atoms with Gasteiger partial charge in [0, 0.05) is 0 Å². The summed E-state index contributed by atoms with van der Waals surface area (Å²) in [5.41, 5.74) is -0.543. The molecule has 1 aromatic heterocycles. The van der Waals surface area contributed by atoms with E-state index in [0.29, 0.717) is 5.02 Å². The van der Waals surface area contributed by atoms with Crippen molar-refractivity contribution in [1.29, 1.82) is 0 Å². The lowest BCUT2D eigenvalue weighted by Gasteiger charge is -2.21. The smallest absolute Gasteiger partial charge is 0.266 e. The SMILES string of the molecule is CCCCCCSc1cnn(C(C)(C)C)c(=O)c1Cl. The molecule has 1 aromatic rings. The van der Waals surface area contributed by atoms with Crippen molar-refractivity contribution in [3.63, 3.8) is 0 Å². The Morgan fingerprint density at radius 1 is 1.32 bits per heavy atom. The lowest BCUT2D eigenvalue weighted by Crippen LogP contribution is -2.36. The first-order valence-corrected chi connectivity index (χ1v) is 8.15. The van der Waals surface area contributed by atoms with Gasteiger partial charge in [-0.1, -0.05) is 37.8 Å². The predicted molar refractivity (Wildman–Crippen MR) is 83.4 cm³/mol. The number of thioether (sulfide) groups is 1. The second kappa shape index (κ2) is 7.34. The van der Waals surface area contributed by atoms with E-state index in [0.717, 1.165) is 17.1 Å². The van der Waals surface area contributed by atoms with E-state index in [-0.39, 0.29) is 11.1 Å². The molecule has 0 unspecified atom stereocenters. The summed E-state index contributed by atoms with van der Waals surface area (Å²) < 4.78 is 1.44. The third-order valence-corrected chi connectivity index (χ3v) is 4.37. The van der Waals surface area contributed by atoms with E-state index in [1.807, 2.05) is 20.8 Å². The average molecular weight is 303 g/mol. The van der Waals surface area contributed by atoms with Crippen LogP contribution in [0.4, 0.5) is 0 Å². The van der Waals surface area contributed by atoms with Crippen LogP contribution in [0.25, 0.3) is 0 Å². The molecule has 0 aliphatic carbocycles. The number of halogens is 1. The highest BCUT2D eigenvalue weighted by molar-refractivity contribution is 7.99. The fraction of sp³-hybridized carbons (Fsp3) is 0.714. The van der Waals surface area contributed by atoms with E-state index in [1.165, 1.54) is 23.9 Å². The number of aromatic nitrogens is 2. The third kappa shape index (κ3) is 4.84. The Bertz CT molecular complexity index is 465. The quantitative estimate of drug-likeness (QED) is 0.579. The zero-order chi connectivity index (χ0) is 14.5. The minimum Gasteiger partial charge on any atom is -0.266 e. The molecular formula is C14H23ClN2OS. The Balaban J connectivity index is 2.72. The highest BCUT2D eigenvalue weighted by Crippen LogP contribution is 2.25. The zero-order valence-electron chi connectivity index (χ0n) is 12.2. The lowest BCUT2D eigenvalue weighted by atomic mass is 10.1.